The number of nitrogens with one attached hydrogen (secondary N) is 1. The third-order valence-electron chi connectivity index (χ3n) is 4.69. The van der Waals surface area contributed by atoms with Crippen LogP contribution in [0.3, 0.4) is 0 Å². The number of rotatable bonds is 5. The van der Waals surface area contributed by atoms with Crippen LogP contribution in [0.2, 0.25) is 0 Å². The monoisotopic (exact) mass is 259 g/mol. The van der Waals surface area contributed by atoms with Crippen molar-refractivity contribution >= 4 is 0 Å². The molecule has 1 unspecified atom stereocenters. The first-order chi connectivity index (χ1) is 8.99. The molecule has 1 aromatic rings. The van der Waals surface area contributed by atoms with E-state index in [-0.39, 0.29) is 0 Å². The maximum atomic E-state index is 3.83. The molecule has 1 aliphatic carbocycles. The zero-order valence-corrected chi connectivity index (χ0v) is 13.2. The number of aryl methyl sites for hydroxylation is 2. The summed E-state index contributed by atoms with van der Waals surface area (Å²) >= 11 is 0. The van der Waals surface area contributed by atoms with E-state index < -0.39 is 0 Å². The second kappa shape index (κ2) is 6.09. The number of fused-ring (bicyclic) bond motifs is 1. The molecule has 1 N–H and O–H groups in total. The minimum atomic E-state index is 0.579. The second-order valence-corrected chi connectivity index (χ2v) is 6.85. The molecule has 1 aliphatic rings. The second-order valence-electron chi connectivity index (χ2n) is 6.85. The third kappa shape index (κ3) is 3.39. The van der Waals surface area contributed by atoms with Crippen molar-refractivity contribution in [2.45, 2.75) is 53.5 Å². The fourth-order valence-electron chi connectivity index (χ4n) is 3.45. The largest absolute Gasteiger partial charge is 0.310 e. The Kier molecular flexibility index (Phi) is 4.67. The fourth-order valence-corrected chi connectivity index (χ4v) is 3.45. The molecule has 1 atom stereocenters. The zero-order valence-electron chi connectivity index (χ0n) is 13.2. The highest BCUT2D eigenvalue weighted by Crippen LogP contribution is 2.32. The summed E-state index contributed by atoms with van der Waals surface area (Å²) in [5.74, 6) is 2.28. The van der Waals surface area contributed by atoms with Gasteiger partial charge in [0.1, 0.15) is 0 Å². The van der Waals surface area contributed by atoms with Crippen LogP contribution < -0.4 is 5.32 Å². The first-order valence-corrected chi connectivity index (χ1v) is 7.82. The molecule has 0 saturated heterocycles. The van der Waals surface area contributed by atoms with Crippen molar-refractivity contribution in [2.75, 3.05) is 6.54 Å². The Morgan fingerprint density at radius 2 is 1.84 bits per heavy atom. The van der Waals surface area contributed by atoms with Gasteiger partial charge in [0, 0.05) is 6.04 Å². The molecular weight excluding hydrogens is 230 g/mol. The van der Waals surface area contributed by atoms with Crippen LogP contribution in [0.5, 0.6) is 0 Å². The van der Waals surface area contributed by atoms with E-state index in [1.165, 1.54) is 18.4 Å². The lowest BCUT2D eigenvalue weighted by molar-refractivity contribution is 0.265. The average Bonchev–Trinajstić information content (AvgIpc) is 2.71. The fraction of sp³-hybridized carbons (Fsp3) is 0.667. The van der Waals surface area contributed by atoms with E-state index in [4.69, 9.17) is 0 Å². The van der Waals surface area contributed by atoms with Gasteiger partial charge in [-0.05, 0) is 55.2 Å². The maximum Gasteiger partial charge on any atom is 0.0326 e. The third-order valence-corrected chi connectivity index (χ3v) is 4.69. The van der Waals surface area contributed by atoms with E-state index in [1.54, 1.807) is 11.1 Å². The Morgan fingerprint density at radius 3 is 2.47 bits per heavy atom. The summed E-state index contributed by atoms with van der Waals surface area (Å²) in [6, 6.07) is 7.51. The molecule has 0 amide bonds. The van der Waals surface area contributed by atoms with Gasteiger partial charge in [0.05, 0.1) is 0 Å². The van der Waals surface area contributed by atoms with Gasteiger partial charge >= 0.3 is 0 Å². The molecule has 0 bridgehead atoms. The normalized spacial score (nSPS) is 18.6. The highest BCUT2D eigenvalue weighted by molar-refractivity contribution is 5.37. The molecule has 1 aromatic carbocycles. The van der Waals surface area contributed by atoms with E-state index >= 15 is 0 Å². The van der Waals surface area contributed by atoms with E-state index in [0.717, 1.165) is 24.3 Å². The molecule has 0 aliphatic heterocycles. The Labute approximate surface area is 118 Å². The lowest BCUT2D eigenvalue weighted by atomic mass is 9.85. The molecule has 1 nitrogen and oxygen atoms in total. The van der Waals surface area contributed by atoms with Crippen molar-refractivity contribution in [3.8, 4) is 0 Å². The molecule has 106 valence electrons. The van der Waals surface area contributed by atoms with E-state index in [9.17, 15) is 0 Å². The minimum Gasteiger partial charge on any atom is -0.310 e. The van der Waals surface area contributed by atoms with Crippen LogP contribution >= 0.6 is 0 Å². The SMILES string of the molecule is Cc1ccc2c(c1)C(NCC(C(C)C)C(C)C)CC2. The molecule has 19 heavy (non-hydrogen) atoms. The summed E-state index contributed by atoms with van der Waals surface area (Å²) in [6.07, 6.45) is 2.50. The Balaban J connectivity index is 2.01. The highest BCUT2D eigenvalue weighted by atomic mass is 14.9. The van der Waals surface area contributed by atoms with Crippen molar-refractivity contribution in [1.29, 1.82) is 0 Å². The summed E-state index contributed by atoms with van der Waals surface area (Å²) in [6.45, 7) is 12.7. The van der Waals surface area contributed by atoms with Crippen LogP contribution in [-0.2, 0) is 6.42 Å². The summed E-state index contributed by atoms with van der Waals surface area (Å²) in [7, 11) is 0. The minimum absolute atomic E-state index is 0.579. The van der Waals surface area contributed by atoms with Gasteiger partial charge in [0.25, 0.3) is 0 Å². The van der Waals surface area contributed by atoms with E-state index in [1.807, 2.05) is 0 Å². The Bertz CT molecular complexity index is 412. The van der Waals surface area contributed by atoms with E-state index in [2.05, 4.69) is 58.1 Å². The van der Waals surface area contributed by atoms with Gasteiger partial charge < -0.3 is 5.32 Å². The van der Waals surface area contributed by atoms with Crippen molar-refractivity contribution in [2.24, 2.45) is 17.8 Å². The lowest BCUT2D eigenvalue weighted by Gasteiger charge is -2.27. The molecule has 0 heterocycles. The Hall–Kier alpha value is -0.820. The predicted molar refractivity (Wildman–Crippen MR) is 83.4 cm³/mol. The first kappa shape index (κ1) is 14.6. The zero-order chi connectivity index (χ0) is 14.0. The summed E-state index contributed by atoms with van der Waals surface area (Å²) in [5, 5.41) is 3.83. The lowest BCUT2D eigenvalue weighted by Crippen LogP contribution is -2.31. The topological polar surface area (TPSA) is 12.0 Å². The molecule has 1 heteroatoms. The Morgan fingerprint density at radius 1 is 1.16 bits per heavy atom. The van der Waals surface area contributed by atoms with E-state index in [0.29, 0.717) is 6.04 Å². The summed E-state index contributed by atoms with van der Waals surface area (Å²) in [4.78, 5) is 0. The van der Waals surface area contributed by atoms with Crippen molar-refractivity contribution in [3.05, 3.63) is 34.9 Å². The van der Waals surface area contributed by atoms with Crippen molar-refractivity contribution < 1.29 is 0 Å². The number of hydrogen-bond donors (Lipinski definition) is 1. The average molecular weight is 259 g/mol. The van der Waals surface area contributed by atoms with Crippen LogP contribution in [0, 0.1) is 24.7 Å². The maximum absolute atomic E-state index is 3.83. The quantitative estimate of drug-likeness (QED) is 0.821. The van der Waals surface area contributed by atoms with Crippen LogP contribution in [0.1, 0.15) is 56.8 Å². The molecule has 0 aromatic heterocycles. The standard InChI is InChI=1S/C18H29N/c1-12(2)17(13(3)4)11-19-18-9-8-15-7-6-14(5)10-16(15)18/h6-7,10,12-13,17-19H,8-9,11H2,1-5H3. The van der Waals surface area contributed by atoms with Gasteiger partial charge in [-0.1, -0.05) is 51.5 Å². The van der Waals surface area contributed by atoms with Crippen LogP contribution in [-0.4, -0.2) is 6.54 Å². The van der Waals surface area contributed by atoms with Crippen LogP contribution in [0.25, 0.3) is 0 Å². The van der Waals surface area contributed by atoms with Crippen LogP contribution in [0.15, 0.2) is 18.2 Å². The van der Waals surface area contributed by atoms with Gasteiger partial charge in [-0.15, -0.1) is 0 Å². The highest BCUT2D eigenvalue weighted by Gasteiger charge is 2.24. The molecular formula is C18H29N. The summed E-state index contributed by atoms with van der Waals surface area (Å²) < 4.78 is 0. The van der Waals surface area contributed by atoms with Crippen molar-refractivity contribution in [1.82, 2.24) is 5.32 Å². The molecule has 0 saturated carbocycles. The van der Waals surface area contributed by atoms with Crippen LogP contribution in [0.4, 0.5) is 0 Å². The molecule has 0 radical (unpaired) electrons. The summed E-state index contributed by atoms with van der Waals surface area (Å²) in [5.41, 5.74) is 4.48. The van der Waals surface area contributed by atoms with Gasteiger partial charge in [-0.2, -0.15) is 0 Å². The first-order valence-electron chi connectivity index (χ1n) is 7.82. The smallest absolute Gasteiger partial charge is 0.0326 e. The number of benzene rings is 1. The van der Waals surface area contributed by atoms with Gasteiger partial charge in [0.15, 0.2) is 0 Å². The number of hydrogen-bond acceptors (Lipinski definition) is 1. The van der Waals surface area contributed by atoms with Gasteiger partial charge in [0.2, 0.25) is 0 Å². The molecule has 0 spiro atoms. The molecule has 2 rings (SSSR count). The van der Waals surface area contributed by atoms with Crippen molar-refractivity contribution in [3.63, 3.8) is 0 Å². The molecule has 0 fully saturated rings. The van der Waals surface area contributed by atoms with Gasteiger partial charge in [-0.3, -0.25) is 0 Å². The predicted octanol–water partition coefficient (Wildman–Crippen LogP) is 4.50. The van der Waals surface area contributed by atoms with Gasteiger partial charge in [-0.25, -0.2) is 0 Å².